The minimum atomic E-state index is 0.422. The molecule has 2 N–H and O–H groups in total. The molecule has 0 aliphatic carbocycles. The fourth-order valence-corrected chi connectivity index (χ4v) is 2.29. The van der Waals surface area contributed by atoms with Gasteiger partial charge in [0.05, 0.1) is 0 Å². The van der Waals surface area contributed by atoms with Gasteiger partial charge in [-0.3, -0.25) is 4.98 Å². The first-order chi connectivity index (χ1) is 7.86. The van der Waals surface area contributed by atoms with Crippen molar-refractivity contribution in [3.05, 3.63) is 30.1 Å². The lowest BCUT2D eigenvalue weighted by Gasteiger charge is -2.22. The molecule has 3 nitrogen and oxygen atoms in total. The lowest BCUT2D eigenvalue weighted by molar-refractivity contribution is 0.421. The van der Waals surface area contributed by atoms with Gasteiger partial charge in [-0.1, -0.05) is 0 Å². The van der Waals surface area contributed by atoms with Gasteiger partial charge in [-0.15, -0.1) is 0 Å². The largest absolute Gasteiger partial charge is 0.317 e. The number of pyridine rings is 1. The topological polar surface area (TPSA) is 37.0 Å². The fraction of sp³-hybridized carbons (Fsp3) is 0.615. The highest BCUT2D eigenvalue weighted by Gasteiger charge is 2.14. The summed E-state index contributed by atoms with van der Waals surface area (Å²) in [5.41, 5.74) is 1.33. The molecule has 2 rings (SSSR count). The van der Waals surface area contributed by atoms with E-state index >= 15 is 0 Å². The molecule has 2 heterocycles. The Morgan fingerprint density at radius 1 is 1.31 bits per heavy atom. The number of aromatic nitrogens is 1. The maximum absolute atomic E-state index is 4.05. The van der Waals surface area contributed by atoms with Crippen LogP contribution in [0, 0.1) is 0 Å². The van der Waals surface area contributed by atoms with E-state index in [1.807, 2.05) is 12.4 Å². The second-order valence-corrected chi connectivity index (χ2v) is 4.55. The van der Waals surface area contributed by atoms with Gasteiger partial charge < -0.3 is 10.6 Å². The average molecular weight is 219 g/mol. The second kappa shape index (κ2) is 5.97. The molecule has 0 radical (unpaired) electrons. The van der Waals surface area contributed by atoms with Gasteiger partial charge >= 0.3 is 0 Å². The van der Waals surface area contributed by atoms with E-state index in [0.717, 1.165) is 6.54 Å². The Hall–Kier alpha value is -0.930. The quantitative estimate of drug-likeness (QED) is 0.815. The minimum Gasteiger partial charge on any atom is -0.317 e. The van der Waals surface area contributed by atoms with E-state index in [4.69, 9.17) is 0 Å². The molecule has 1 aliphatic rings. The SMILES string of the molecule is C[C@@H](NC1CCCNCC1)c1ccncc1. The highest BCUT2D eigenvalue weighted by molar-refractivity contribution is 5.14. The van der Waals surface area contributed by atoms with Crippen LogP contribution in [0.4, 0.5) is 0 Å². The average Bonchev–Trinajstić information content (AvgIpc) is 2.59. The Morgan fingerprint density at radius 3 is 2.94 bits per heavy atom. The van der Waals surface area contributed by atoms with Gasteiger partial charge in [0.15, 0.2) is 0 Å². The van der Waals surface area contributed by atoms with Crippen LogP contribution in [0.3, 0.4) is 0 Å². The Kier molecular flexibility index (Phi) is 4.31. The van der Waals surface area contributed by atoms with E-state index in [9.17, 15) is 0 Å². The molecular weight excluding hydrogens is 198 g/mol. The molecule has 1 aliphatic heterocycles. The zero-order valence-electron chi connectivity index (χ0n) is 9.95. The number of hydrogen-bond donors (Lipinski definition) is 2. The molecule has 1 aromatic rings. The van der Waals surface area contributed by atoms with Crippen molar-refractivity contribution in [1.29, 1.82) is 0 Å². The maximum Gasteiger partial charge on any atom is 0.0295 e. The molecule has 1 aromatic heterocycles. The van der Waals surface area contributed by atoms with E-state index in [1.54, 1.807) is 0 Å². The molecule has 0 saturated carbocycles. The van der Waals surface area contributed by atoms with Crippen molar-refractivity contribution in [2.24, 2.45) is 0 Å². The zero-order chi connectivity index (χ0) is 11.2. The Bertz CT molecular complexity index is 291. The molecule has 0 bridgehead atoms. The smallest absolute Gasteiger partial charge is 0.0295 e. The Labute approximate surface area is 97.7 Å². The van der Waals surface area contributed by atoms with Gasteiger partial charge in [0.2, 0.25) is 0 Å². The van der Waals surface area contributed by atoms with Crippen molar-refractivity contribution < 1.29 is 0 Å². The van der Waals surface area contributed by atoms with Crippen LogP contribution in [-0.2, 0) is 0 Å². The lowest BCUT2D eigenvalue weighted by Crippen LogP contribution is -2.32. The molecule has 1 unspecified atom stereocenters. The molecule has 88 valence electrons. The van der Waals surface area contributed by atoms with E-state index in [1.165, 1.54) is 31.4 Å². The molecule has 16 heavy (non-hydrogen) atoms. The number of rotatable bonds is 3. The second-order valence-electron chi connectivity index (χ2n) is 4.55. The third-order valence-corrected chi connectivity index (χ3v) is 3.27. The first-order valence-electron chi connectivity index (χ1n) is 6.23. The summed E-state index contributed by atoms with van der Waals surface area (Å²) in [5.74, 6) is 0. The standard InChI is InChI=1S/C13H21N3/c1-11(12-4-8-15-9-5-12)16-13-3-2-7-14-10-6-13/h4-5,8-9,11,13-14,16H,2-3,6-7,10H2,1H3/t11-,13?/m1/s1. The van der Waals surface area contributed by atoms with Gasteiger partial charge in [-0.2, -0.15) is 0 Å². The molecular formula is C13H21N3. The number of nitrogens with one attached hydrogen (secondary N) is 2. The van der Waals surface area contributed by atoms with Gasteiger partial charge in [0, 0.05) is 24.5 Å². The fourth-order valence-electron chi connectivity index (χ4n) is 2.29. The summed E-state index contributed by atoms with van der Waals surface area (Å²) in [4.78, 5) is 4.05. The third-order valence-electron chi connectivity index (χ3n) is 3.27. The zero-order valence-corrected chi connectivity index (χ0v) is 9.95. The summed E-state index contributed by atoms with van der Waals surface area (Å²) in [6.07, 6.45) is 7.52. The van der Waals surface area contributed by atoms with E-state index in [0.29, 0.717) is 12.1 Å². The van der Waals surface area contributed by atoms with E-state index in [-0.39, 0.29) is 0 Å². The summed E-state index contributed by atoms with van der Waals surface area (Å²) in [5, 5.41) is 7.15. The van der Waals surface area contributed by atoms with Crippen LogP contribution in [0.5, 0.6) is 0 Å². The van der Waals surface area contributed by atoms with Gasteiger partial charge in [0.25, 0.3) is 0 Å². The summed E-state index contributed by atoms with van der Waals surface area (Å²) in [6, 6.07) is 5.25. The van der Waals surface area contributed by atoms with Crippen LogP contribution in [0.25, 0.3) is 0 Å². The molecule has 3 heteroatoms. The Morgan fingerprint density at radius 2 is 2.12 bits per heavy atom. The van der Waals surface area contributed by atoms with Crippen LogP contribution < -0.4 is 10.6 Å². The molecule has 1 saturated heterocycles. The van der Waals surface area contributed by atoms with Gasteiger partial charge in [-0.25, -0.2) is 0 Å². The van der Waals surface area contributed by atoms with Crippen molar-refractivity contribution in [1.82, 2.24) is 15.6 Å². The summed E-state index contributed by atoms with van der Waals surface area (Å²) < 4.78 is 0. The third kappa shape index (κ3) is 3.29. The molecule has 0 amide bonds. The monoisotopic (exact) mass is 219 g/mol. The highest BCUT2D eigenvalue weighted by atomic mass is 15.0. The van der Waals surface area contributed by atoms with Crippen molar-refractivity contribution in [3.63, 3.8) is 0 Å². The van der Waals surface area contributed by atoms with Crippen molar-refractivity contribution in [2.75, 3.05) is 13.1 Å². The summed E-state index contributed by atoms with van der Waals surface area (Å²) in [6.45, 7) is 4.54. The van der Waals surface area contributed by atoms with Crippen LogP contribution in [-0.4, -0.2) is 24.1 Å². The van der Waals surface area contributed by atoms with Gasteiger partial charge in [-0.05, 0) is 57.0 Å². The summed E-state index contributed by atoms with van der Waals surface area (Å²) in [7, 11) is 0. The first-order valence-corrected chi connectivity index (χ1v) is 6.23. The van der Waals surface area contributed by atoms with E-state index in [2.05, 4.69) is 34.7 Å². The Balaban J connectivity index is 1.88. The van der Waals surface area contributed by atoms with Crippen LogP contribution >= 0.6 is 0 Å². The predicted molar refractivity (Wildman–Crippen MR) is 66.3 cm³/mol. The predicted octanol–water partition coefficient (Wildman–Crippen LogP) is 1.87. The van der Waals surface area contributed by atoms with Gasteiger partial charge in [0.1, 0.15) is 0 Å². The van der Waals surface area contributed by atoms with Crippen molar-refractivity contribution in [2.45, 2.75) is 38.3 Å². The molecule has 0 spiro atoms. The van der Waals surface area contributed by atoms with Crippen molar-refractivity contribution in [3.8, 4) is 0 Å². The first kappa shape index (κ1) is 11.6. The minimum absolute atomic E-state index is 0.422. The highest BCUT2D eigenvalue weighted by Crippen LogP contribution is 2.14. The van der Waals surface area contributed by atoms with Crippen molar-refractivity contribution >= 4 is 0 Å². The maximum atomic E-state index is 4.05. The number of nitrogens with zero attached hydrogens (tertiary/aromatic N) is 1. The molecule has 1 fully saturated rings. The summed E-state index contributed by atoms with van der Waals surface area (Å²) >= 11 is 0. The van der Waals surface area contributed by atoms with Crippen LogP contribution in [0.15, 0.2) is 24.5 Å². The molecule has 0 aromatic carbocycles. The molecule has 2 atom stereocenters. The number of hydrogen-bond acceptors (Lipinski definition) is 3. The normalized spacial score (nSPS) is 23.7. The van der Waals surface area contributed by atoms with Crippen LogP contribution in [0.2, 0.25) is 0 Å². The lowest BCUT2D eigenvalue weighted by atomic mass is 10.1. The van der Waals surface area contributed by atoms with Crippen LogP contribution in [0.1, 0.15) is 37.8 Å². The van der Waals surface area contributed by atoms with E-state index < -0.39 is 0 Å².